The average molecular weight is 276 g/mol. The van der Waals surface area contributed by atoms with Crippen molar-refractivity contribution in [3.05, 3.63) is 35.9 Å². The van der Waals surface area contributed by atoms with Crippen molar-refractivity contribution in [3.8, 4) is 0 Å². The van der Waals surface area contributed by atoms with Crippen LogP contribution in [0, 0.1) is 0 Å². The number of nitrogens with zero attached hydrogens (tertiary/aromatic N) is 1. The van der Waals surface area contributed by atoms with Gasteiger partial charge in [-0.1, -0.05) is 50.6 Å². The van der Waals surface area contributed by atoms with Crippen molar-refractivity contribution >= 4 is 0 Å². The molecule has 0 amide bonds. The van der Waals surface area contributed by atoms with Crippen LogP contribution in [0.3, 0.4) is 0 Å². The second kappa shape index (κ2) is 8.43. The average Bonchev–Trinajstić information content (AvgIpc) is 2.42. The maximum absolute atomic E-state index is 3.67. The Bertz CT molecular complexity index is 353. The highest BCUT2D eigenvalue weighted by Gasteiger charge is 2.20. The number of rotatable bonds is 8. The number of benzene rings is 1. The fraction of sp³-hybridized carbons (Fsp3) is 0.667. The molecule has 0 heterocycles. The summed E-state index contributed by atoms with van der Waals surface area (Å²) in [5, 5.41) is 3.67. The summed E-state index contributed by atoms with van der Waals surface area (Å²) < 4.78 is 0. The lowest BCUT2D eigenvalue weighted by atomic mass is 10.0. The maximum atomic E-state index is 3.67. The van der Waals surface area contributed by atoms with Gasteiger partial charge in [-0.3, -0.25) is 4.90 Å². The number of unbranched alkanes of at least 4 members (excludes halogenated alkanes) is 1. The minimum atomic E-state index is 0.164. The van der Waals surface area contributed by atoms with Gasteiger partial charge in [0.25, 0.3) is 0 Å². The molecule has 0 aromatic heterocycles. The molecule has 1 unspecified atom stereocenters. The van der Waals surface area contributed by atoms with E-state index in [0.717, 1.165) is 13.1 Å². The third-order valence-corrected chi connectivity index (χ3v) is 3.66. The second-order valence-corrected chi connectivity index (χ2v) is 6.54. The van der Waals surface area contributed by atoms with Crippen LogP contribution in [0.4, 0.5) is 0 Å². The largest absolute Gasteiger partial charge is 0.310 e. The molecule has 1 rings (SSSR count). The number of hydrogen-bond donors (Lipinski definition) is 1. The van der Waals surface area contributed by atoms with Crippen molar-refractivity contribution in [1.82, 2.24) is 10.2 Å². The lowest BCUT2D eigenvalue weighted by Gasteiger charge is -2.34. The number of nitrogens with one attached hydrogen (secondary N) is 1. The first-order valence-corrected chi connectivity index (χ1v) is 8.02. The van der Waals surface area contributed by atoms with Gasteiger partial charge in [-0.2, -0.15) is 0 Å². The van der Waals surface area contributed by atoms with Crippen LogP contribution in [-0.4, -0.2) is 30.1 Å². The molecule has 0 saturated heterocycles. The molecule has 0 aliphatic rings. The number of hydrogen-bond acceptors (Lipinski definition) is 2. The third kappa shape index (κ3) is 6.06. The molecule has 114 valence electrons. The van der Waals surface area contributed by atoms with Crippen LogP contribution in [0.15, 0.2) is 30.3 Å². The molecule has 0 spiro atoms. The van der Waals surface area contributed by atoms with Crippen molar-refractivity contribution in [2.45, 2.75) is 59.0 Å². The Kier molecular flexibility index (Phi) is 7.25. The first-order valence-electron chi connectivity index (χ1n) is 8.02. The zero-order valence-corrected chi connectivity index (χ0v) is 13.9. The van der Waals surface area contributed by atoms with Gasteiger partial charge in [-0.05, 0) is 45.8 Å². The summed E-state index contributed by atoms with van der Waals surface area (Å²) in [5.74, 6) is 0. The normalized spacial score (nSPS) is 13.7. The van der Waals surface area contributed by atoms with Gasteiger partial charge in [0.15, 0.2) is 0 Å². The van der Waals surface area contributed by atoms with Gasteiger partial charge in [0.2, 0.25) is 0 Å². The molecule has 2 nitrogen and oxygen atoms in total. The SMILES string of the molecule is CCCCN(CC)C(CNC(C)(C)C)c1ccccc1. The molecule has 0 fully saturated rings. The van der Waals surface area contributed by atoms with Gasteiger partial charge in [0.05, 0.1) is 0 Å². The van der Waals surface area contributed by atoms with Gasteiger partial charge in [-0.15, -0.1) is 0 Å². The van der Waals surface area contributed by atoms with Crippen molar-refractivity contribution < 1.29 is 0 Å². The Balaban J connectivity index is 2.82. The van der Waals surface area contributed by atoms with E-state index in [2.05, 4.69) is 75.2 Å². The second-order valence-electron chi connectivity index (χ2n) is 6.54. The summed E-state index contributed by atoms with van der Waals surface area (Å²) in [6, 6.07) is 11.4. The maximum Gasteiger partial charge on any atom is 0.0472 e. The summed E-state index contributed by atoms with van der Waals surface area (Å²) in [7, 11) is 0. The summed E-state index contributed by atoms with van der Waals surface area (Å²) in [4.78, 5) is 2.59. The molecule has 1 aromatic rings. The van der Waals surface area contributed by atoms with Gasteiger partial charge in [0, 0.05) is 18.1 Å². The molecular weight excluding hydrogens is 244 g/mol. The van der Waals surface area contributed by atoms with Crippen molar-refractivity contribution in [2.75, 3.05) is 19.6 Å². The quantitative estimate of drug-likeness (QED) is 0.764. The van der Waals surface area contributed by atoms with E-state index in [9.17, 15) is 0 Å². The Labute approximate surface area is 125 Å². The fourth-order valence-corrected chi connectivity index (χ4v) is 2.43. The van der Waals surface area contributed by atoms with Gasteiger partial charge in [0.1, 0.15) is 0 Å². The van der Waals surface area contributed by atoms with Crippen molar-refractivity contribution in [2.24, 2.45) is 0 Å². The van der Waals surface area contributed by atoms with Crippen molar-refractivity contribution in [3.63, 3.8) is 0 Å². The van der Waals surface area contributed by atoms with E-state index in [4.69, 9.17) is 0 Å². The Hall–Kier alpha value is -0.860. The molecule has 1 atom stereocenters. The van der Waals surface area contributed by atoms with E-state index < -0.39 is 0 Å². The molecule has 2 heteroatoms. The van der Waals surface area contributed by atoms with Crippen LogP contribution in [0.25, 0.3) is 0 Å². The standard InChI is InChI=1S/C18H32N2/c1-6-8-14-20(7-2)17(15-19-18(3,4)5)16-12-10-9-11-13-16/h9-13,17,19H,6-8,14-15H2,1-5H3. The summed E-state index contributed by atoms with van der Waals surface area (Å²) in [5.41, 5.74) is 1.58. The Morgan fingerprint density at radius 2 is 1.75 bits per heavy atom. The zero-order chi connectivity index (χ0) is 15.0. The van der Waals surface area contributed by atoms with E-state index in [1.165, 1.54) is 24.9 Å². The lowest BCUT2D eigenvalue weighted by molar-refractivity contribution is 0.189. The first kappa shape index (κ1) is 17.2. The molecule has 0 radical (unpaired) electrons. The van der Waals surface area contributed by atoms with Gasteiger partial charge < -0.3 is 5.32 Å². The molecule has 0 saturated carbocycles. The highest BCUT2D eigenvalue weighted by Crippen LogP contribution is 2.21. The van der Waals surface area contributed by atoms with E-state index in [1.54, 1.807) is 0 Å². The topological polar surface area (TPSA) is 15.3 Å². The molecule has 1 N–H and O–H groups in total. The minimum absolute atomic E-state index is 0.164. The van der Waals surface area contributed by atoms with Crippen LogP contribution < -0.4 is 5.32 Å². The molecular formula is C18H32N2. The van der Waals surface area contributed by atoms with Gasteiger partial charge in [-0.25, -0.2) is 0 Å². The first-order chi connectivity index (χ1) is 9.48. The third-order valence-electron chi connectivity index (χ3n) is 3.66. The molecule has 20 heavy (non-hydrogen) atoms. The van der Waals surface area contributed by atoms with Crippen LogP contribution in [0.2, 0.25) is 0 Å². The molecule has 0 aliphatic carbocycles. The van der Waals surface area contributed by atoms with E-state index in [-0.39, 0.29) is 5.54 Å². The van der Waals surface area contributed by atoms with Crippen molar-refractivity contribution in [1.29, 1.82) is 0 Å². The Morgan fingerprint density at radius 1 is 1.10 bits per heavy atom. The lowest BCUT2D eigenvalue weighted by Crippen LogP contribution is -2.43. The van der Waals surface area contributed by atoms with Crippen LogP contribution in [0.5, 0.6) is 0 Å². The summed E-state index contributed by atoms with van der Waals surface area (Å²) in [6.45, 7) is 14.5. The van der Waals surface area contributed by atoms with Crippen LogP contribution in [0.1, 0.15) is 59.1 Å². The smallest absolute Gasteiger partial charge is 0.0472 e. The number of likely N-dealkylation sites (N-methyl/N-ethyl adjacent to an activating group) is 1. The predicted octanol–water partition coefficient (Wildman–Crippen LogP) is 4.24. The highest BCUT2D eigenvalue weighted by molar-refractivity contribution is 5.19. The van der Waals surface area contributed by atoms with E-state index >= 15 is 0 Å². The fourth-order valence-electron chi connectivity index (χ4n) is 2.43. The van der Waals surface area contributed by atoms with E-state index in [0.29, 0.717) is 6.04 Å². The highest BCUT2D eigenvalue weighted by atomic mass is 15.2. The summed E-state index contributed by atoms with van der Waals surface area (Å²) >= 11 is 0. The Morgan fingerprint density at radius 3 is 2.25 bits per heavy atom. The monoisotopic (exact) mass is 276 g/mol. The molecule has 0 bridgehead atoms. The van der Waals surface area contributed by atoms with Crippen LogP contribution in [-0.2, 0) is 0 Å². The summed E-state index contributed by atoms with van der Waals surface area (Å²) in [6.07, 6.45) is 2.53. The molecule has 0 aliphatic heterocycles. The molecule has 1 aromatic carbocycles. The van der Waals surface area contributed by atoms with Gasteiger partial charge >= 0.3 is 0 Å². The predicted molar refractivity (Wildman–Crippen MR) is 89.1 cm³/mol. The minimum Gasteiger partial charge on any atom is -0.310 e. The van der Waals surface area contributed by atoms with Crippen LogP contribution >= 0.6 is 0 Å². The van der Waals surface area contributed by atoms with E-state index in [1.807, 2.05) is 0 Å². The zero-order valence-electron chi connectivity index (χ0n) is 13.9.